The van der Waals surface area contributed by atoms with Crippen LogP contribution < -0.4 is 0 Å². The van der Waals surface area contributed by atoms with Crippen LogP contribution in [0.15, 0.2) is 12.1 Å². The predicted octanol–water partition coefficient (Wildman–Crippen LogP) is 3.85. The van der Waals surface area contributed by atoms with Crippen LogP contribution in [0.3, 0.4) is 0 Å². The van der Waals surface area contributed by atoms with E-state index in [0.29, 0.717) is 25.7 Å². The van der Waals surface area contributed by atoms with E-state index in [9.17, 15) is 4.79 Å². The smallest absolute Gasteiger partial charge is 0.178 e. The van der Waals surface area contributed by atoms with Crippen LogP contribution in [0.2, 0.25) is 0 Å². The van der Waals surface area contributed by atoms with Crippen LogP contribution in [0.25, 0.3) is 0 Å². The van der Waals surface area contributed by atoms with Gasteiger partial charge in [0, 0.05) is 23.1 Å². The lowest BCUT2D eigenvalue weighted by molar-refractivity contribution is 0.0796. The monoisotopic (exact) mass is 260 g/mol. The van der Waals surface area contributed by atoms with E-state index in [0.717, 1.165) is 9.75 Å². The molecule has 1 aromatic rings. The number of aryl methyl sites for hydroxylation is 1. The number of thiophene rings is 1. The Kier molecular flexibility index (Phi) is 5.07. The van der Waals surface area contributed by atoms with Gasteiger partial charge in [0.25, 0.3) is 0 Å². The number of nitrogens with zero attached hydrogens (tertiary/aromatic N) is 2. The van der Waals surface area contributed by atoms with Crippen LogP contribution in [0.4, 0.5) is 0 Å². The number of hydrogen-bond donors (Lipinski definition) is 0. The molecule has 3 nitrogen and oxygen atoms in total. The Morgan fingerprint density at radius 3 is 2.22 bits per heavy atom. The van der Waals surface area contributed by atoms with Gasteiger partial charge in [-0.05, 0) is 31.9 Å². The van der Waals surface area contributed by atoms with E-state index in [1.807, 2.05) is 26.0 Å². The molecule has 18 heavy (non-hydrogen) atoms. The van der Waals surface area contributed by atoms with Crippen molar-refractivity contribution in [3.8, 4) is 12.1 Å². The first-order valence-corrected chi connectivity index (χ1v) is 6.70. The number of nitriles is 2. The number of ketones is 1. The molecule has 0 aromatic carbocycles. The van der Waals surface area contributed by atoms with Gasteiger partial charge in [-0.1, -0.05) is 6.92 Å². The standard InChI is InChI=1S/C14H16N2OS/c1-11-5-6-12(18-11)13(17)14(2,7-3-9-15)8-4-10-16/h5-6H,3-4,7-8H2,1-2H3. The summed E-state index contributed by atoms with van der Waals surface area (Å²) in [5, 5.41) is 17.4. The van der Waals surface area contributed by atoms with E-state index in [4.69, 9.17) is 10.5 Å². The number of hydrogen-bond acceptors (Lipinski definition) is 4. The lowest BCUT2D eigenvalue weighted by Gasteiger charge is -2.25. The molecule has 0 fully saturated rings. The van der Waals surface area contributed by atoms with Crippen LogP contribution in [0.5, 0.6) is 0 Å². The first-order valence-electron chi connectivity index (χ1n) is 5.88. The third-order valence-corrected chi connectivity index (χ3v) is 4.09. The first kappa shape index (κ1) is 14.4. The van der Waals surface area contributed by atoms with Gasteiger partial charge in [-0.3, -0.25) is 4.79 Å². The fraction of sp³-hybridized carbons (Fsp3) is 0.500. The van der Waals surface area contributed by atoms with E-state index in [1.165, 1.54) is 11.3 Å². The molecular formula is C14H16N2OS. The Morgan fingerprint density at radius 1 is 1.28 bits per heavy atom. The lowest BCUT2D eigenvalue weighted by atomic mass is 9.77. The van der Waals surface area contributed by atoms with Crippen LogP contribution >= 0.6 is 11.3 Å². The molecule has 0 aliphatic carbocycles. The van der Waals surface area contributed by atoms with Crippen LogP contribution in [-0.2, 0) is 0 Å². The van der Waals surface area contributed by atoms with Crippen molar-refractivity contribution in [1.29, 1.82) is 10.5 Å². The van der Waals surface area contributed by atoms with Gasteiger partial charge >= 0.3 is 0 Å². The first-order chi connectivity index (χ1) is 8.53. The molecule has 0 radical (unpaired) electrons. The maximum absolute atomic E-state index is 12.5. The highest BCUT2D eigenvalue weighted by molar-refractivity contribution is 7.14. The molecule has 0 unspecified atom stereocenters. The number of carbonyl (C=O) groups is 1. The Balaban J connectivity index is 2.92. The van der Waals surface area contributed by atoms with Crippen molar-refractivity contribution in [1.82, 2.24) is 0 Å². The highest BCUT2D eigenvalue weighted by Gasteiger charge is 2.33. The maximum atomic E-state index is 12.5. The molecule has 1 heterocycles. The van der Waals surface area contributed by atoms with E-state index in [-0.39, 0.29) is 5.78 Å². The Hall–Kier alpha value is -1.65. The molecule has 0 aliphatic heterocycles. The van der Waals surface area contributed by atoms with Gasteiger partial charge in [0.2, 0.25) is 0 Å². The molecule has 0 bridgehead atoms. The molecule has 0 saturated carbocycles. The second-order valence-corrected chi connectivity index (χ2v) is 5.90. The Labute approximate surface area is 112 Å². The van der Waals surface area contributed by atoms with Gasteiger partial charge in [-0.25, -0.2) is 0 Å². The van der Waals surface area contributed by atoms with Crippen molar-refractivity contribution in [3.05, 3.63) is 21.9 Å². The summed E-state index contributed by atoms with van der Waals surface area (Å²) in [7, 11) is 0. The summed E-state index contributed by atoms with van der Waals surface area (Å²) >= 11 is 1.47. The summed E-state index contributed by atoms with van der Waals surface area (Å²) in [5.41, 5.74) is -0.594. The third-order valence-electron chi connectivity index (χ3n) is 3.09. The van der Waals surface area contributed by atoms with Crippen molar-refractivity contribution in [2.75, 3.05) is 0 Å². The molecule has 1 rings (SSSR count). The molecule has 0 amide bonds. The Morgan fingerprint density at radius 2 is 1.83 bits per heavy atom. The molecule has 0 N–H and O–H groups in total. The molecule has 4 heteroatoms. The van der Waals surface area contributed by atoms with Crippen LogP contribution in [-0.4, -0.2) is 5.78 Å². The quantitative estimate of drug-likeness (QED) is 0.730. The largest absolute Gasteiger partial charge is 0.293 e. The molecular weight excluding hydrogens is 244 g/mol. The summed E-state index contributed by atoms with van der Waals surface area (Å²) in [6, 6.07) is 7.92. The van der Waals surface area contributed by atoms with Crippen molar-refractivity contribution < 1.29 is 4.79 Å². The summed E-state index contributed by atoms with van der Waals surface area (Å²) in [4.78, 5) is 14.3. The van der Waals surface area contributed by atoms with Gasteiger partial charge < -0.3 is 0 Å². The Bertz CT molecular complexity index is 487. The van der Waals surface area contributed by atoms with Gasteiger partial charge in [0.05, 0.1) is 17.0 Å². The van der Waals surface area contributed by atoms with Gasteiger partial charge in [0.15, 0.2) is 5.78 Å². The molecule has 0 saturated heterocycles. The van der Waals surface area contributed by atoms with Crippen LogP contribution in [0, 0.1) is 35.0 Å². The average Bonchev–Trinajstić information content (AvgIpc) is 2.79. The number of Topliss-reactive ketones (excluding diaryl/α,β-unsaturated/α-hetero) is 1. The summed E-state index contributed by atoms with van der Waals surface area (Å²) < 4.78 is 0. The topological polar surface area (TPSA) is 64.7 Å². The SMILES string of the molecule is Cc1ccc(C(=O)C(C)(CCC#N)CCC#N)s1. The van der Waals surface area contributed by atoms with Crippen molar-refractivity contribution in [3.63, 3.8) is 0 Å². The predicted molar refractivity (Wildman–Crippen MR) is 71.2 cm³/mol. The molecule has 0 aliphatic rings. The minimum Gasteiger partial charge on any atom is -0.293 e. The highest BCUT2D eigenvalue weighted by atomic mass is 32.1. The summed E-state index contributed by atoms with van der Waals surface area (Å²) in [6.45, 7) is 3.82. The van der Waals surface area contributed by atoms with E-state index in [2.05, 4.69) is 12.1 Å². The zero-order chi connectivity index (χ0) is 13.6. The average molecular weight is 260 g/mol. The van der Waals surface area contributed by atoms with E-state index >= 15 is 0 Å². The molecule has 94 valence electrons. The normalized spacial score (nSPS) is 10.7. The molecule has 1 aromatic heterocycles. The maximum Gasteiger partial charge on any atom is 0.178 e. The van der Waals surface area contributed by atoms with Crippen molar-refractivity contribution in [2.45, 2.75) is 39.5 Å². The summed E-state index contributed by atoms with van der Waals surface area (Å²) in [6.07, 6.45) is 1.72. The van der Waals surface area contributed by atoms with E-state index in [1.54, 1.807) is 0 Å². The van der Waals surface area contributed by atoms with Gasteiger partial charge in [-0.15, -0.1) is 11.3 Å². The minimum absolute atomic E-state index is 0.0612. The number of rotatable bonds is 6. The fourth-order valence-electron chi connectivity index (χ4n) is 1.87. The van der Waals surface area contributed by atoms with Crippen LogP contribution in [0.1, 0.15) is 47.2 Å². The molecule has 0 atom stereocenters. The number of carbonyl (C=O) groups excluding carboxylic acids is 1. The minimum atomic E-state index is -0.594. The van der Waals surface area contributed by atoms with Gasteiger partial charge in [0.1, 0.15) is 0 Å². The second kappa shape index (κ2) is 6.33. The highest BCUT2D eigenvalue weighted by Crippen LogP contribution is 2.35. The van der Waals surface area contributed by atoms with E-state index < -0.39 is 5.41 Å². The van der Waals surface area contributed by atoms with Crippen molar-refractivity contribution in [2.24, 2.45) is 5.41 Å². The zero-order valence-corrected chi connectivity index (χ0v) is 11.5. The van der Waals surface area contributed by atoms with Crippen molar-refractivity contribution >= 4 is 17.1 Å². The van der Waals surface area contributed by atoms with Gasteiger partial charge in [-0.2, -0.15) is 10.5 Å². The summed E-state index contributed by atoms with van der Waals surface area (Å²) in [5.74, 6) is 0.0612. The third kappa shape index (κ3) is 3.42. The second-order valence-electron chi connectivity index (χ2n) is 4.62. The zero-order valence-electron chi connectivity index (χ0n) is 10.7. The lowest BCUT2D eigenvalue weighted by Crippen LogP contribution is -2.27. The molecule has 0 spiro atoms. The fourth-order valence-corrected chi connectivity index (χ4v) is 2.83.